The van der Waals surface area contributed by atoms with Crippen LogP contribution in [0.2, 0.25) is 0 Å². The van der Waals surface area contributed by atoms with Gasteiger partial charge in [-0.05, 0) is 0 Å². The number of nitrogens with zero attached hydrogens (tertiary/aromatic N) is 1. The third-order valence-electron chi connectivity index (χ3n) is 2.99. The monoisotopic (exact) mass is 389 g/mol. The molecule has 1 rings (SSSR count). The van der Waals surface area contributed by atoms with Gasteiger partial charge in [-0.1, -0.05) is 23.0 Å². The SMILES string of the molecule is C=C[C@H](O)C/C(=N\OS(=O)(=O)O)S[C@@H]1O[C@H](CO)[C@@H](O)[C@H](O)[C@H]1O. The van der Waals surface area contributed by atoms with Crippen LogP contribution in [-0.2, 0) is 19.4 Å². The van der Waals surface area contributed by atoms with Crippen molar-refractivity contribution in [1.29, 1.82) is 0 Å². The van der Waals surface area contributed by atoms with Crippen LogP contribution in [0.15, 0.2) is 17.8 Å². The first-order valence-corrected chi connectivity index (χ1v) is 8.84. The lowest BCUT2D eigenvalue weighted by Crippen LogP contribution is -2.57. The Morgan fingerprint density at radius 2 is 1.96 bits per heavy atom. The van der Waals surface area contributed by atoms with E-state index in [9.17, 15) is 28.8 Å². The van der Waals surface area contributed by atoms with Gasteiger partial charge in [0.1, 0.15) is 34.9 Å². The molecular formula is C11H19NO10S2. The third kappa shape index (κ3) is 6.27. The largest absolute Gasteiger partial charge is 0.466 e. The fourth-order valence-corrected chi connectivity index (χ4v) is 3.10. The number of oxime groups is 1. The lowest BCUT2D eigenvalue weighted by Gasteiger charge is -2.39. The van der Waals surface area contributed by atoms with E-state index in [1.54, 1.807) is 0 Å². The lowest BCUT2D eigenvalue weighted by atomic mass is 10.0. The molecule has 6 atom stereocenters. The molecule has 1 aliphatic rings. The molecule has 0 aromatic carbocycles. The molecule has 6 N–H and O–H groups in total. The highest BCUT2D eigenvalue weighted by Gasteiger charge is 2.44. The first-order valence-electron chi connectivity index (χ1n) is 6.59. The summed E-state index contributed by atoms with van der Waals surface area (Å²) < 4.78 is 38.8. The highest BCUT2D eigenvalue weighted by molar-refractivity contribution is 8.14. The van der Waals surface area contributed by atoms with Gasteiger partial charge in [-0.3, -0.25) is 4.55 Å². The molecule has 0 aromatic rings. The lowest BCUT2D eigenvalue weighted by molar-refractivity contribution is -0.205. The normalized spacial score (nSPS) is 33.1. The van der Waals surface area contributed by atoms with Crippen molar-refractivity contribution in [3.63, 3.8) is 0 Å². The molecule has 0 bridgehead atoms. The number of hydrogen-bond donors (Lipinski definition) is 6. The first kappa shape index (κ1) is 21.3. The van der Waals surface area contributed by atoms with Crippen LogP contribution in [0.25, 0.3) is 0 Å². The van der Waals surface area contributed by atoms with E-state index in [-0.39, 0.29) is 11.5 Å². The molecule has 1 fully saturated rings. The van der Waals surface area contributed by atoms with E-state index < -0.39 is 53.0 Å². The number of rotatable bonds is 7. The average Bonchev–Trinajstić information content (AvgIpc) is 2.52. The molecule has 0 unspecified atom stereocenters. The van der Waals surface area contributed by atoms with Crippen LogP contribution in [0, 0.1) is 0 Å². The van der Waals surface area contributed by atoms with Gasteiger partial charge in [0.2, 0.25) is 0 Å². The quantitative estimate of drug-likeness (QED) is 0.0895. The summed E-state index contributed by atoms with van der Waals surface area (Å²) in [6.07, 6.45) is -6.29. The zero-order valence-corrected chi connectivity index (χ0v) is 13.9. The van der Waals surface area contributed by atoms with Gasteiger partial charge < -0.3 is 30.3 Å². The van der Waals surface area contributed by atoms with E-state index in [0.29, 0.717) is 11.8 Å². The molecule has 0 aromatic heterocycles. The fraction of sp³-hybridized carbons (Fsp3) is 0.727. The second kappa shape index (κ2) is 9.07. The smallest absolute Gasteiger partial charge is 0.394 e. The molecule has 0 radical (unpaired) electrons. The molecule has 0 spiro atoms. The fourth-order valence-electron chi connectivity index (χ4n) is 1.76. The van der Waals surface area contributed by atoms with Crippen LogP contribution in [0.5, 0.6) is 0 Å². The minimum absolute atomic E-state index is 0.218. The van der Waals surface area contributed by atoms with E-state index in [2.05, 4.69) is 16.0 Å². The molecule has 13 heteroatoms. The van der Waals surface area contributed by atoms with Crippen molar-refractivity contribution < 1.29 is 47.5 Å². The molecule has 1 aliphatic heterocycles. The van der Waals surface area contributed by atoms with Crippen molar-refractivity contribution in [1.82, 2.24) is 0 Å². The summed E-state index contributed by atoms with van der Waals surface area (Å²) in [5.41, 5.74) is -1.26. The van der Waals surface area contributed by atoms with Crippen molar-refractivity contribution in [2.75, 3.05) is 6.61 Å². The Balaban J connectivity index is 2.92. The van der Waals surface area contributed by atoms with Gasteiger partial charge in [-0.25, -0.2) is 4.28 Å². The van der Waals surface area contributed by atoms with Crippen molar-refractivity contribution in [3.8, 4) is 0 Å². The Morgan fingerprint density at radius 1 is 1.33 bits per heavy atom. The minimum atomic E-state index is -4.89. The molecule has 0 amide bonds. The van der Waals surface area contributed by atoms with Gasteiger partial charge >= 0.3 is 10.4 Å². The van der Waals surface area contributed by atoms with Crippen molar-refractivity contribution >= 4 is 27.2 Å². The van der Waals surface area contributed by atoms with Crippen LogP contribution in [0.4, 0.5) is 0 Å². The molecular weight excluding hydrogens is 370 g/mol. The second-order valence-electron chi connectivity index (χ2n) is 4.81. The Bertz CT molecular complexity index is 551. The topological polar surface area (TPSA) is 186 Å². The highest BCUT2D eigenvalue weighted by atomic mass is 32.3. The molecule has 0 aliphatic carbocycles. The summed E-state index contributed by atoms with van der Waals surface area (Å²) in [5.74, 6) is 0. The van der Waals surface area contributed by atoms with Crippen LogP contribution in [0.1, 0.15) is 6.42 Å². The van der Waals surface area contributed by atoms with Gasteiger partial charge in [-0.15, -0.1) is 6.58 Å². The molecule has 0 saturated carbocycles. The Morgan fingerprint density at radius 3 is 2.46 bits per heavy atom. The van der Waals surface area contributed by atoms with Crippen LogP contribution >= 0.6 is 11.8 Å². The van der Waals surface area contributed by atoms with Crippen LogP contribution < -0.4 is 0 Å². The van der Waals surface area contributed by atoms with Crippen molar-refractivity contribution in [3.05, 3.63) is 12.7 Å². The van der Waals surface area contributed by atoms with Crippen LogP contribution in [0.3, 0.4) is 0 Å². The molecule has 1 heterocycles. The highest BCUT2D eigenvalue weighted by Crippen LogP contribution is 2.30. The van der Waals surface area contributed by atoms with Gasteiger partial charge in [0.25, 0.3) is 0 Å². The van der Waals surface area contributed by atoms with E-state index in [4.69, 9.17) is 14.4 Å². The molecule has 24 heavy (non-hydrogen) atoms. The van der Waals surface area contributed by atoms with Crippen molar-refractivity contribution in [2.24, 2.45) is 5.16 Å². The number of aliphatic hydroxyl groups excluding tert-OH is 5. The molecule has 11 nitrogen and oxygen atoms in total. The number of thioether (sulfide) groups is 1. The summed E-state index contributed by atoms with van der Waals surface area (Å²) >= 11 is 0.570. The zero-order valence-electron chi connectivity index (χ0n) is 12.2. The summed E-state index contributed by atoms with van der Waals surface area (Å²) in [7, 11) is -4.89. The summed E-state index contributed by atoms with van der Waals surface area (Å²) in [6.45, 7) is 2.67. The predicted molar refractivity (Wildman–Crippen MR) is 82.2 cm³/mol. The average molecular weight is 389 g/mol. The van der Waals surface area contributed by atoms with Gasteiger partial charge in [-0.2, -0.15) is 8.42 Å². The second-order valence-corrected chi connectivity index (χ2v) is 6.99. The summed E-state index contributed by atoms with van der Waals surface area (Å²) in [5, 5.41) is 50.8. The first-order chi connectivity index (χ1) is 11.1. The Hall–Kier alpha value is -0.770. The maximum atomic E-state index is 10.6. The maximum Gasteiger partial charge on any atom is 0.466 e. The van der Waals surface area contributed by atoms with E-state index >= 15 is 0 Å². The third-order valence-corrected chi connectivity index (χ3v) is 4.39. The standard InChI is InChI=1S/C11H19NO10S2/c1-2-5(14)3-7(12-22-24(18,19)20)23-11-10(17)9(16)8(15)6(4-13)21-11/h2,5-6,8-11,13-17H,1,3-4H2,(H,18,19,20)/b12-7+/t5-,6+,8+,9-,10+,11-/m0/s1. The van der Waals surface area contributed by atoms with E-state index in [1.807, 2.05) is 0 Å². The van der Waals surface area contributed by atoms with Gasteiger partial charge in [0, 0.05) is 6.42 Å². The number of aliphatic hydroxyl groups is 5. The minimum Gasteiger partial charge on any atom is -0.394 e. The van der Waals surface area contributed by atoms with E-state index in [1.165, 1.54) is 0 Å². The predicted octanol–water partition coefficient (Wildman–Crippen LogP) is -2.41. The van der Waals surface area contributed by atoms with E-state index in [0.717, 1.165) is 6.08 Å². The number of ether oxygens (including phenoxy) is 1. The Labute approximate surface area is 142 Å². The maximum absolute atomic E-state index is 10.6. The number of hydrogen-bond acceptors (Lipinski definition) is 11. The molecule has 140 valence electrons. The van der Waals surface area contributed by atoms with Crippen LogP contribution in [-0.4, -0.2) is 86.1 Å². The van der Waals surface area contributed by atoms with Gasteiger partial charge in [0.05, 0.1) is 12.7 Å². The molecule has 1 saturated heterocycles. The summed E-state index contributed by atoms with van der Waals surface area (Å²) in [6, 6.07) is 0. The zero-order chi connectivity index (χ0) is 18.5. The van der Waals surface area contributed by atoms with Crippen molar-refractivity contribution in [2.45, 2.75) is 42.4 Å². The Kier molecular flexibility index (Phi) is 8.04. The van der Waals surface area contributed by atoms with Gasteiger partial charge in [0.15, 0.2) is 0 Å². The summed E-state index contributed by atoms with van der Waals surface area (Å²) in [4.78, 5) is 0.